The van der Waals surface area contributed by atoms with Crippen LogP contribution < -0.4 is 0 Å². The highest BCUT2D eigenvalue weighted by Gasteiger charge is 2.21. The Labute approximate surface area is 329 Å². The summed E-state index contributed by atoms with van der Waals surface area (Å²) >= 11 is 0. The number of nitrogens with zero attached hydrogens (tertiary/aromatic N) is 5. The number of hydrogen-bond acceptors (Lipinski definition) is 4. The summed E-state index contributed by atoms with van der Waals surface area (Å²) in [4.78, 5) is 21.1. The maximum Gasteiger partial charge on any atom is 0.160 e. The molecule has 0 amide bonds. The Morgan fingerprint density at radius 3 is 1.68 bits per heavy atom. The average molecular weight is 728 g/mol. The Morgan fingerprint density at radius 1 is 0.333 bits per heavy atom. The number of fused-ring (bicyclic) bond motifs is 6. The fraction of sp³-hybridized carbons (Fsp3) is 0. The van der Waals surface area contributed by atoms with Crippen LogP contribution in [0.15, 0.2) is 200 Å². The van der Waals surface area contributed by atoms with E-state index in [0.717, 1.165) is 94.3 Å². The highest BCUT2D eigenvalue weighted by Crippen LogP contribution is 2.40. The predicted octanol–water partition coefficient (Wildman–Crippen LogP) is 13.0. The predicted molar refractivity (Wildman–Crippen MR) is 234 cm³/mol. The first-order valence-electron chi connectivity index (χ1n) is 19.1. The number of aromatic nitrogens is 5. The highest BCUT2D eigenvalue weighted by atomic mass is 15.1. The van der Waals surface area contributed by atoms with Crippen LogP contribution in [0.3, 0.4) is 0 Å². The van der Waals surface area contributed by atoms with Gasteiger partial charge in [0.15, 0.2) is 5.82 Å². The molecule has 0 N–H and O–H groups in total. The van der Waals surface area contributed by atoms with Gasteiger partial charge in [0.1, 0.15) is 5.82 Å². The Balaban J connectivity index is 1.09. The van der Waals surface area contributed by atoms with Crippen LogP contribution >= 0.6 is 0 Å². The molecule has 0 spiro atoms. The minimum absolute atomic E-state index is 0.674. The molecule has 11 rings (SSSR count). The molecule has 57 heavy (non-hydrogen) atoms. The summed E-state index contributed by atoms with van der Waals surface area (Å²) in [5.74, 6) is 1.56. The molecule has 0 radical (unpaired) electrons. The lowest BCUT2D eigenvalue weighted by Crippen LogP contribution is -1.97. The summed E-state index contributed by atoms with van der Waals surface area (Å²) in [6, 6.07) is 69.5. The van der Waals surface area contributed by atoms with Crippen LogP contribution in [0.4, 0.5) is 0 Å². The van der Waals surface area contributed by atoms with Gasteiger partial charge in [-0.3, -0.25) is 4.57 Å². The van der Waals surface area contributed by atoms with Crippen molar-refractivity contribution in [1.82, 2.24) is 24.5 Å². The molecular weight excluding hydrogens is 695 g/mol. The molecule has 0 aliphatic rings. The fourth-order valence-corrected chi connectivity index (χ4v) is 8.09. The van der Waals surface area contributed by atoms with Gasteiger partial charge in [-0.15, -0.1) is 0 Å². The molecule has 266 valence electrons. The Morgan fingerprint density at radius 2 is 0.930 bits per heavy atom. The Hall–Kier alpha value is -7.76. The second-order valence-electron chi connectivity index (χ2n) is 14.2. The largest absolute Gasteiger partial charge is 0.292 e. The number of hydrogen-bond donors (Lipinski definition) is 0. The maximum atomic E-state index is 5.44. The second-order valence-corrected chi connectivity index (χ2v) is 14.2. The monoisotopic (exact) mass is 727 g/mol. The molecule has 0 saturated carbocycles. The van der Waals surface area contributed by atoms with Crippen molar-refractivity contribution >= 4 is 43.6 Å². The van der Waals surface area contributed by atoms with Gasteiger partial charge in [0, 0.05) is 44.1 Å². The first-order valence-corrected chi connectivity index (χ1v) is 19.1. The number of rotatable bonds is 6. The standard InChI is InChI=1S/C52H33N5/c1-4-15-34(16-5-1)38-19-14-20-39(33-38)48-43-24-11-13-26-45(43)54-51(55-48)36-29-27-35(28-30-36)49-47-42(41-23-10-12-25-44(41)53-49)31-32-46-50(47)56-52(37-17-6-2-7-18-37)57(46)40-21-8-3-9-22-40/h1-33H. The van der Waals surface area contributed by atoms with Crippen LogP contribution in [0.1, 0.15) is 0 Å². The van der Waals surface area contributed by atoms with Crippen molar-refractivity contribution in [2.24, 2.45) is 0 Å². The van der Waals surface area contributed by atoms with Crippen LogP contribution in [0, 0.1) is 0 Å². The molecule has 11 aromatic rings. The molecule has 0 unspecified atom stereocenters. The third-order valence-electron chi connectivity index (χ3n) is 10.8. The quantitative estimate of drug-likeness (QED) is 0.160. The Kier molecular flexibility index (Phi) is 7.74. The minimum atomic E-state index is 0.674. The molecule has 8 aromatic carbocycles. The molecule has 0 atom stereocenters. The molecule has 5 nitrogen and oxygen atoms in total. The average Bonchev–Trinajstić information content (AvgIpc) is 3.69. The van der Waals surface area contributed by atoms with Crippen LogP contribution in [0.5, 0.6) is 0 Å². The summed E-state index contributed by atoms with van der Waals surface area (Å²) in [7, 11) is 0. The van der Waals surface area contributed by atoms with E-state index in [1.807, 2.05) is 30.3 Å². The number of benzene rings is 8. The van der Waals surface area contributed by atoms with Crippen LogP contribution in [-0.2, 0) is 0 Å². The number of para-hydroxylation sites is 3. The zero-order valence-electron chi connectivity index (χ0n) is 30.8. The van der Waals surface area contributed by atoms with E-state index >= 15 is 0 Å². The van der Waals surface area contributed by atoms with Gasteiger partial charge in [0.2, 0.25) is 0 Å². The zero-order valence-corrected chi connectivity index (χ0v) is 30.8. The van der Waals surface area contributed by atoms with E-state index < -0.39 is 0 Å². The van der Waals surface area contributed by atoms with Crippen molar-refractivity contribution < 1.29 is 0 Å². The Bertz CT molecular complexity index is 3270. The van der Waals surface area contributed by atoms with E-state index in [4.69, 9.17) is 19.9 Å². The van der Waals surface area contributed by atoms with E-state index in [2.05, 4.69) is 174 Å². The van der Waals surface area contributed by atoms with Crippen molar-refractivity contribution in [2.75, 3.05) is 0 Å². The van der Waals surface area contributed by atoms with E-state index in [1.54, 1.807) is 0 Å². The molecule has 5 heteroatoms. The first kappa shape index (κ1) is 32.7. The van der Waals surface area contributed by atoms with Gasteiger partial charge >= 0.3 is 0 Å². The van der Waals surface area contributed by atoms with Gasteiger partial charge in [-0.2, -0.15) is 0 Å². The van der Waals surface area contributed by atoms with Gasteiger partial charge in [-0.05, 0) is 52.9 Å². The molecule has 0 aliphatic heterocycles. The van der Waals surface area contributed by atoms with Gasteiger partial charge in [0.05, 0.1) is 33.5 Å². The molecular formula is C52H33N5. The minimum Gasteiger partial charge on any atom is -0.292 e. The lowest BCUT2D eigenvalue weighted by atomic mass is 9.98. The molecule has 0 aliphatic carbocycles. The van der Waals surface area contributed by atoms with Crippen LogP contribution in [-0.4, -0.2) is 24.5 Å². The SMILES string of the molecule is c1ccc(-c2cccc(-c3nc(-c4ccc(-c5nc6ccccc6c6ccc7c(nc(-c8ccccc8)n7-c7ccccc7)c56)cc4)nc4ccccc34)c2)cc1. The summed E-state index contributed by atoms with van der Waals surface area (Å²) < 4.78 is 2.26. The van der Waals surface area contributed by atoms with Gasteiger partial charge in [-0.1, -0.05) is 164 Å². The summed E-state index contributed by atoms with van der Waals surface area (Å²) in [6.45, 7) is 0. The van der Waals surface area contributed by atoms with Crippen LogP contribution in [0.25, 0.3) is 106 Å². The molecule has 3 heterocycles. The molecule has 0 fully saturated rings. The molecule has 0 saturated heterocycles. The normalized spacial score (nSPS) is 11.5. The van der Waals surface area contributed by atoms with Gasteiger partial charge in [-0.25, -0.2) is 19.9 Å². The maximum absolute atomic E-state index is 5.44. The third kappa shape index (κ3) is 5.64. The summed E-state index contributed by atoms with van der Waals surface area (Å²) in [5, 5.41) is 4.25. The van der Waals surface area contributed by atoms with E-state index in [0.29, 0.717) is 5.82 Å². The van der Waals surface area contributed by atoms with Crippen molar-refractivity contribution in [3.8, 4) is 62.1 Å². The zero-order chi connectivity index (χ0) is 37.7. The first-order chi connectivity index (χ1) is 28.3. The summed E-state index contributed by atoms with van der Waals surface area (Å²) in [5.41, 5.74) is 13.0. The molecule has 0 bridgehead atoms. The molecule has 3 aromatic heterocycles. The second kappa shape index (κ2) is 13.5. The lowest BCUT2D eigenvalue weighted by molar-refractivity contribution is 1.10. The van der Waals surface area contributed by atoms with Crippen molar-refractivity contribution in [2.45, 2.75) is 0 Å². The van der Waals surface area contributed by atoms with Crippen molar-refractivity contribution in [3.63, 3.8) is 0 Å². The highest BCUT2D eigenvalue weighted by molar-refractivity contribution is 6.20. The fourth-order valence-electron chi connectivity index (χ4n) is 8.09. The number of imidazole rings is 1. The topological polar surface area (TPSA) is 56.5 Å². The third-order valence-corrected chi connectivity index (χ3v) is 10.8. The summed E-state index contributed by atoms with van der Waals surface area (Å²) in [6.07, 6.45) is 0. The van der Waals surface area contributed by atoms with E-state index in [1.165, 1.54) is 5.56 Å². The van der Waals surface area contributed by atoms with Gasteiger partial charge in [0.25, 0.3) is 0 Å². The van der Waals surface area contributed by atoms with Gasteiger partial charge < -0.3 is 0 Å². The van der Waals surface area contributed by atoms with Crippen molar-refractivity contribution in [3.05, 3.63) is 200 Å². The van der Waals surface area contributed by atoms with Crippen LogP contribution in [0.2, 0.25) is 0 Å². The van der Waals surface area contributed by atoms with E-state index in [9.17, 15) is 0 Å². The van der Waals surface area contributed by atoms with Crippen molar-refractivity contribution in [1.29, 1.82) is 0 Å². The number of pyridine rings is 1. The van der Waals surface area contributed by atoms with E-state index in [-0.39, 0.29) is 0 Å². The lowest BCUT2D eigenvalue weighted by Gasteiger charge is -2.13. The smallest absolute Gasteiger partial charge is 0.160 e.